The normalized spacial score (nSPS) is 10.5. The fraction of sp³-hybridized carbons (Fsp3) is 0.0417. The van der Waals surface area contributed by atoms with Crippen molar-refractivity contribution in [3.8, 4) is 5.69 Å². The zero-order valence-electron chi connectivity index (χ0n) is 16.7. The number of anilines is 2. The standard InChI is InChI=1S/C24H19BrN4O2/c1-16-7-13-19(14-8-16)27-24(31)21-15-26-29(20-5-3-2-4-6-20)22(21)28-23(30)17-9-11-18(25)12-10-17/h2-15H,1H3,(H,27,31)(H,28,30). The van der Waals surface area contributed by atoms with E-state index in [9.17, 15) is 9.59 Å². The quantitative estimate of drug-likeness (QED) is 0.403. The number of amides is 2. The Morgan fingerprint density at radius 3 is 2.19 bits per heavy atom. The minimum atomic E-state index is -0.364. The molecule has 4 rings (SSSR count). The van der Waals surface area contributed by atoms with Gasteiger partial charge in [-0.25, -0.2) is 4.68 Å². The molecule has 1 aromatic heterocycles. The Balaban J connectivity index is 1.68. The molecule has 0 aliphatic rings. The summed E-state index contributed by atoms with van der Waals surface area (Å²) in [5, 5.41) is 10.1. The summed E-state index contributed by atoms with van der Waals surface area (Å²) < 4.78 is 2.41. The highest BCUT2D eigenvalue weighted by atomic mass is 79.9. The summed E-state index contributed by atoms with van der Waals surface area (Å²) >= 11 is 3.37. The van der Waals surface area contributed by atoms with Crippen LogP contribution in [0.3, 0.4) is 0 Å². The smallest absolute Gasteiger partial charge is 0.261 e. The first-order valence-corrected chi connectivity index (χ1v) is 10.4. The molecule has 0 bridgehead atoms. The Labute approximate surface area is 188 Å². The first-order valence-electron chi connectivity index (χ1n) is 9.59. The van der Waals surface area contributed by atoms with E-state index in [1.54, 1.807) is 28.9 Å². The van der Waals surface area contributed by atoms with E-state index in [4.69, 9.17) is 0 Å². The largest absolute Gasteiger partial charge is 0.322 e. The van der Waals surface area contributed by atoms with Crippen molar-refractivity contribution >= 4 is 39.2 Å². The lowest BCUT2D eigenvalue weighted by molar-refractivity contribution is 0.102. The summed E-state index contributed by atoms with van der Waals surface area (Å²) in [6, 6.07) is 23.8. The molecule has 0 unspecified atom stereocenters. The number of halogens is 1. The van der Waals surface area contributed by atoms with Gasteiger partial charge in [0.05, 0.1) is 11.9 Å². The van der Waals surface area contributed by atoms with Gasteiger partial charge in [0.15, 0.2) is 0 Å². The topological polar surface area (TPSA) is 76.0 Å². The number of rotatable bonds is 5. The van der Waals surface area contributed by atoms with Crippen molar-refractivity contribution in [1.29, 1.82) is 0 Å². The molecule has 0 atom stereocenters. The van der Waals surface area contributed by atoms with E-state index < -0.39 is 0 Å². The Kier molecular flexibility index (Phi) is 5.95. The molecular formula is C24H19BrN4O2. The average molecular weight is 475 g/mol. The van der Waals surface area contributed by atoms with E-state index in [1.165, 1.54) is 6.20 Å². The average Bonchev–Trinajstić information content (AvgIpc) is 3.20. The number of aryl methyl sites for hydroxylation is 1. The highest BCUT2D eigenvalue weighted by Crippen LogP contribution is 2.23. The van der Waals surface area contributed by atoms with Gasteiger partial charge in [-0.1, -0.05) is 51.8 Å². The van der Waals surface area contributed by atoms with Crippen LogP contribution in [0.4, 0.5) is 11.5 Å². The zero-order chi connectivity index (χ0) is 21.8. The van der Waals surface area contributed by atoms with Crippen molar-refractivity contribution in [2.24, 2.45) is 0 Å². The van der Waals surface area contributed by atoms with Crippen LogP contribution in [0.2, 0.25) is 0 Å². The third kappa shape index (κ3) is 4.73. The lowest BCUT2D eigenvalue weighted by Gasteiger charge is -2.12. The van der Waals surface area contributed by atoms with Crippen molar-refractivity contribution < 1.29 is 9.59 Å². The Hall–Kier alpha value is -3.71. The highest BCUT2D eigenvalue weighted by molar-refractivity contribution is 9.10. The van der Waals surface area contributed by atoms with Gasteiger partial charge in [0.1, 0.15) is 11.4 Å². The number of aromatic nitrogens is 2. The summed E-state index contributed by atoms with van der Waals surface area (Å²) in [6.45, 7) is 1.98. The van der Waals surface area contributed by atoms with E-state index in [-0.39, 0.29) is 17.4 Å². The third-order valence-corrected chi connectivity index (χ3v) is 5.19. The second-order valence-electron chi connectivity index (χ2n) is 6.94. The van der Waals surface area contributed by atoms with E-state index in [0.29, 0.717) is 17.1 Å². The molecule has 6 nitrogen and oxygen atoms in total. The van der Waals surface area contributed by atoms with Crippen LogP contribution in [0.25, 0.3) is 5.69 Å². The number of nitrogens with zero attached hydrogens (tertiary/aromatic N) is 2. The van der Waals surface area contributed by atoms with Crippen LogP contribution in [0.5, 0.6) is 0 Å². The minimum Gasteiger partial charge on any atom is -0.322 e. The summed E-state index contributed by atoms with van der Waals surface area (Å²) in [5.41, 5.74) is 3.21. The van der Waals surface area contributed by atoms with Crippen LogP contribution in [0.1, 0.15) is 26.3 Å². The maximum Gasteiger partial charge on any atom is 0.261 e. The van der Waals surface area contributed by atoms with E-state index in [1.807, 2.05) is 61.5 Å². The zero-order valence-corrected chi connectivity index (χ0v) is 18.3. The Bertz CT molecular complexity index is 1220. The van der Waals surface area contributed by atoms with Gasteiger partial charge in [0.25, 0.3) is 11.8 Å². The molecule has 0 radical (unpaired) electrons. The molecule has 2 amide bonds. The molecule has 0 saturated carbocycles. The number of benzene rings is 3. The SMILES string of the molecule is Cc1ccc(NC(=O)c2cnn(-c3ccccc3)c2NC(=O)c2ccc(Br)cc2)cc1. The molecule has 2 N–H and O–H groups in total. The van der Waals surface area contributed by atoms with Gasteiger partial charge in [-0.2, -0.15) is 5.10 Å². The van der Waals surface area contributed by atoms with Crippen LogP contribution < -0.4 is 10.6 Å². The molecule has 0 saturated heterocycles. The van der Waals surface area contributed by atoms with Gasteiger partial charge >= 0.3 is 0 Å². The molecule has 0 spiro atoms. The molecule has 31 heavy (non-hydrogen) atoms. The first kappa shape index (κ1) is 20.6. The van der Waals surface area contributed by atoms with E-state index in [0.717, 1.165) is 15.7 Å². The van der Waals surface area contributed by atoms with Crippen LogP contribution in [0.15, 0.2) is 89.5 Å². The number of carbonyl (C=O) groups excluding carboxylic acids is 2. The van der Waals surface area contributed by atoms with Gasteiger partial charge in [-0.3, -0.25) is 9.59 Å². The Morgan fingerprint density at radius 1 is 0.839 bits per heavy atom. The lowest BCUT2D eigenvalue weighted by Crippen LogP contribution is -2.19. The highest BCUT2D eigenvalue weighted by Gasteiger charge is 2.21. The van der Waals surface area contributed by atoms with Crippen molar-refractivity contribution in [1.82, 2.24) is 9.78 Å². The molecule has 0 fully saturated rings. The van der Waals surface area contributed by atoms with E-state index in [2.05, 4.69) is 31.7 Å². The molecular weight excluding hydrogens is 456 g/mol. The second-order valence-corrected chi connectivity index (χ2v) is 7.85. The maximum atomic E-state index is 13.0. The summed E-state index contributed by atoms with van der Waals surface area (Å²) in [6.07, 6.45) is 1.45. The Morgan fingerprint density at radius 2 is 1.52 bits per heavy atom. The molecule has 3 aromatic carbocycles. The summed E-state index contributed by atoms with van der Waals surface area (Å²) in [7, 11) is 0. The number of para-hydroxylation sites is 1. The fourth-order valence-electron chi connectivity index (χ4n) is 3.02. The lowest BCUT2D eigenvalue weighted by atomic mass is 10.2. The second kappa shape index (κ2) is 8.97. The molecule has 154 valence electrons. The number of carbonyl (C=O) groups is 2. The van der Waals surface area contributed by atoms with Gasteiger partial charge in [0, 0.05) is 15.7 Å². The molecule has 7 heteroatoms. The van der Waals surface area contributed by atoms with Gasteiger partial charge < -0.3 is 10.6 Å². The molecule has 4 aromatic rings. The van der Waals surface area contributed by atoms with Crippen LogP contribution >= 0.6 is 15.9 Å². The molecule has 0 aliphatic heterocycles. The van der Waals surface area contributed by atoms with Crippen molar-refractivity contribution in [2.75, 3.05) is 10.6 Å². The predicted molar refractivity (Wildman–Crippen MR) is 125 cm³/mol. The van der Waals surface area contributed by atoms with Crippen molar-refractivity contribution in [3.05, 3.63) is 106 Å². The van der Waals surface area contributed by atoms with Crippen LogP contribution in [-0.2, 0) is 0 Å². The van der Waals surface area contributed by atoms with Crippen molar-refractivity contribution in [2.45, 2.75) is 6.92 Å². The third-order valence-electron chi connectivity index (χ3n) is 4.66. The molecule has 1 heterocycles. The number of hydrogen-bond donors (Lipinski definition) is 2. The summed E-state index contributed by atoms with van der Waals surface area (Å²) in [4.78, 5) is 25.9. The fourth-order valence-corrected chi connectivity index (χ4v) is 3.28. The van der Waals surface area contributed by atoms with E-state index >= 15 is 0 Å². The van der Waals surface area contributed by atoms with Crippen LogP contribution in [-0.4, -0.2) is 21.6 Å². The van der Waals surface area contributed by atoms with Gasteiger partial charge in [0.2, 0.25) is 0 Å². The number of nitrogens with one attached hydrogen (secondary N) is 2. The summed E-state index contributed by atoms with van der Waals surface area (Å²) in [5.74, 6) is -0.407. The van der Waals surface area contributed by atoms with Crippen LogP contribution in [0, 0.1) is 6.92 Å². The van der Waals surface area contributed by atoms with Gasteiger partial charge in [-0.05, 0) is 55.5 Å². The molecule has 0 aliphatic carbocycles. The maximum absolute atomic E-state index is 13.0. The van der Waals surface area contributed by atoms with Gasteiger partial charge in [-0.15, -0.1) is 0 Å². The van der Waals surface area contributed by atoms with Crippen molar-refractivity contribution in [3.63, 3.8) is 0 Å². The minimum absolute atomic E-state index is 0.259. The monoisotopic (exact) mass is 474 g/mol. The number of hydrogen-bond acceptors (Lipinski definition) is 3. The predicted octanol–water partition coefficient (Wildman–Crippen LogP) is 5.45. The first-order chi connectivity index (χ1) is 15.0.